The quantitative estimate of drug-likeness (QED) is 0.200. The Balaban J connectivity index is 2.49. The molecule has 1 amide bonds. The lowest BCUT2D eigenvalue weighted by Gasteiger charge is -2.22. The first kappa shape index (κ1) is 35.1. The Bertz CT molecular complexity index is 1360. The summed E-state index contributed by atoms with van der Waals surface area (Å²) in [6.07, 6.45) is -14.9. The van der Waals surface area contributed by atoms with Crippen LogP contribution >= 0.6 is 23.2 Å². The molecule has 2 aromatic rings. The van der Waals surface area contributed by atoms with E-state index in [0.29, 0.717) is 12.1 Å². The Kier molecular flexibility index (Phi) is 10.9. The highest BCUT2D eigenvalue weighted by Gasteiger charge is 2.41. The molecule has 42 heavy (non-hydrogen) atoms. The number of ketones is 1. The molecule has 0 aliphatic rings. The molecule has 0 aliphatic heterocycles. The molecule has 0 bridgehead atoms. The first-order valence-electron chi connectivity index (χ1n) is 11.7. The molecule has 2 atom stereocenters. The largest absolute Gasteiger partial charge is 0.417 e. The van der Waals surface area contributed by atoms with Gasteiger partial charge in [-0.25, -0.2) is 4.39 Å². The molecule has 2 aromatic carbocycles. The summed E-state index contributed by atoms with van der Waals surface area (Å²) in [6.45, 7) is 2.80. The molecule has 0 fully saturated rings. The molecule has 0 aliphatic carbocycles. The number of allylic oxidation sites excluding steroid dienone is 1. The van der Waals surface area contributed by atoms with Gasteiger partial charge in [-0.05, 0) is 29.8 Å². The van der Waals surface area contributed by atoms with E-state index in [9.17, 15) is 49.1 Å². The summed E-state index contributed by atoms with van der Waals surface area (Å²) >= 11 is 11.9. The lowest BCUT2D eigenvalue weighted by Crippen LogP contribution is -2.39. The number of hydrogen-bond acceptors (Lipinski definition) is 2. The maximum atomic E-state index is 15.1. The van der Waals surface area contributed by atoms with Gasteiger partial charge in [-0.2, -0.15) is 39.5 Å². The van der Waals surface area contributed by atoms with E-state index in [4.69, 9.17) is 23.2 Å². The van der Waals surface area contributed by atoms with E-state index in [1.54, 1.807) is 0 Å². The van der Waals surface area contributed by atoms with Gasteiger partial charge in [-0.1, -0.05) is 54.9 Å². The number of carbonyl (C=O) groups is 2. The van der Waals surface area contributed by atoms with E-state index in [1.165, 1.54) is 6.08 Å². The molecule has 0 radical (unpaired) electrons. The van der Waals surface area contributed by atoms with Gasteiger partial charge in [0.15, 0.2) is 5.78 Å². The van der Waals surface area contributed by atoms with Crippen LogP contribution < -0.4 is 0 Å². The molecule has 0 aromatic heterocycles. The molecule has 0 N–H and O–H groups in total. The van der Waals surface area contributed by atoms with Crippen molar-refractivity contribution in [1.29, 1.82) is 0 Å². The van der Waals surface area contributed by atoms with Crippen LogP contribution in [0.15, 0.2) is 43.0 Å². The Morgan fingerprint density at radius 1 is 0.976 bits per heavy atom. The molecule has 230 valence electrons. The fourth-order valence-corrected chi connectivity index (χ4v) is 4.63. The molecule has 2 rings (SSSR count). The summed E-state index contributed by atoms with van der Waals surface area (Å²) in [5, 5.41) is -0.481. The molecule has 0 spiro atoms. The number of rotatable bonds is 9. The lowest BCUT2D eigenvalue weighted by atomic mass is 9.92. The lowest BCUT2D eigenvalue weighted by molar-refractivity contribution is -0.160. The van der Waals surface area contributed by atoms with Crippen LogP contribution in [-0.2, 0) is 11.0 Å². The zero-order valence-corrected chi connectivity index (χ0v) is 23.1. The van der Waals surface area contributed by atoms with Crippen LogP contribution in [0.5, 0.6) is 0 Å². The van der Waals surface area contributed by atoms with E-state index in [0.717, 1.165) is 26.1 Å². The summed E-state index contributed by atoms with van der Waals surface area (Å²) in [6, 6.07) is 2.97. The second-order valence-corrected chi connectivity index (χ2v) is 10.0. The van der Waals surface area contributed by atoms with E-state index in [-0.39, 0.29) is 32.7 Å². The zero-order valence-electron chi connectivity index (χ0n) is 21.6. The number of alkyl halides is 9. The number of carbonyl (C=O) groups excluding carboxylic acids is 2. The third-order valence-electron chi connectivity index (χ3n) is 5.94. The molecule has 15 heteroatoms. The minimum Gasteiger partial charge on any atom is -0.336 e. The summed E-state index contributed by atoms with van der Waals surface area (Å²) in [5.74, 6) is -8.35. The van der Waals surface area contributed by atoms with Crippen LogP contribution in [0.4, 0.5) is 43.9 Å². The fraction of sp³-hybridized carbons (Fsp3) is 0.333. The first-order valence-corrected chi connectivity index (χ1v) is 12.4. The van der Waals surface area contributed by atoms with Crippen molar-refractivity contribution >= 4 is 46.8 Å². The number of halogens is 12. The zero-order chi connectivity index (χ0) is 32.4. The smallest absolute Gasteiger partial charge is 0.336 e. The van der Waals surface area contributed by atoms with Crippen molar-refractivity contribution in [2.24, 2.45) is 5.92 Å². The Labute approximate surface area is 243 Å². The van der Waals surface area contributed by atoms with Crippen molar-refractivity contribution in [3.05, 3.63) is 80.8 Å². The molecule has 3 nitrogen and oxygen atoms in total. The summed E-state index contributed by atoms with van der Waals surface area (Å²) in [4.78, 5) is 25.1. The van der Waals surface area contributed by atoms with E-state index in [2.05, 4.69) is 6.58 Å². The number of amides is 1. The van der Waals surface area contributed by atoms with Gasteiger partial charge >= 0.3 is 18.5 Å². The monoisotopic (exact) mass is 651 g/mol. The fourth-order valence-electron chi connectivity index (χ4n) is 3.97. The maximum absolute atomic E-state index is 15.1. The van der Waals surface area contributed by atoms with Crippen molar-refractivity contribution in [3.8, 4) is 0 Å². The Morgan fingerprint density at radius 2 is 1.52 bits per heavy atom. The van der Waals surface area contributed by atoms with Crippen molar-refractivity contribution in [1.82, 2.24) is 4.90 Å². The highest BCUT2D eigenvalue weighted by atomic mass is 35.5. The first-order chi connectivity index (χ1) is 19.1. The van der Waals surface area contributed by atoms with Gasteiger partial charge in [0.2, 0.25) is 5.91 Å². The minimum absolute atomic E-state index is 0.0176. The molecule has 0 saturated carbocycles. The van der Waals surface area contributed by atoms with Gasteiger partial charge in [0.05, 0.1) is 5.56 Å². The van der Waals surface area contributed by atoms with Crippen LogP contribution in [0.1, 0.15) is 51.9 Å². The number of benzene rings is 2. The van der Waals surface area contributed by atoms with Crippen molar-refractivity contribution in [3.63, 3.8) is 0 Å². The Hall–Kier alpha value is -3.06. The van der Waals surface area contributed by atoms with Gasteiger partial charge < -0.3 is 4.90 Å². The van der Waals surface area contributed by atoms with Crippen LogP contribution in [-0.4, -0.2) is 42.5 Å². The van der Waals surface area contributed by atoms with Crippen molar-refractivity contribution in [2.75, 3.05) is 13.6 Å². The predicted octanol–water partition coefficient (Wildman–Crippen LogP) is 9.54. The molecule has 0 heterocycles. The normalized spacial score (nSPS) is 14.4. The van der Waals surface area contributed by atoms with Gasteiger partial charge in [0.1, 0.15) is 18.3 Å². The van der Waals surface area contributed by atoms with Crippen LogP contribution in [0, 0.1) is 5.92 Å². The van der Waals surface area contributed by atoms with E-state index >= 15 is 4.39 Å². The Morgan fingerprint density at radius 3 is 1.98 bits per heavy atom. The van der Waals surface area contributed by atoms with E-state index < -0.39 is 83.1 Å². The highest BCUT2D eigenvalue weighted by Crippen LogP contribution is 2.42. The molecule has 1 unspecified atom stereocenters. The van der Waals surface area contributed by atoms with Crippen molar-refractivity contribution < 1.29 is 53.5 Å². The van der Waals surface area contributed by atoms with Crippen molar-refractivity contribution in [2.45, 2.75) is 37.8 Å². The number of nitrogens with zero attached hydrogens (tertiary/aromatic N) is 1. The third-order valence-corrected chi connectivity index (χ3v) is 6.56. The second-order valence-electron chi connectivity index (χ2n) is 9.23. The number of Topliss-reactive ketones (excluding diaryl/α,β-unsaturated/α-hetero) is 1. The van der Waals surface area contributed by atoms with Crippen LogP contribution in [0.2, 0.25) is 10.0 Å². The van der Waals surface area contributed by atoms with E-state index in [1.807, 2.05) is 0 Å². The molecular weight excluding hydrogens is 631 g/mol. The minimum atomic E-state index is -5.30. The average molecular weight is 652 g/mol. The predicted molar refractivity (Wildman–Crippen MR) is 138 cm³/mol. The van der Waals surface area contributed by atoms with Gasteiger partial charge in [-0.15, -0.1) is 0 Å². The second kappa shape index (κ2) is 13.1. The summed E-state index contributed by atoms with van der Waals surface area (Å²) in [5.41, 5.74) is -4.24. The van der Waals surface area contributed by atoms with Crippen LogP contribution in [0.25, 0.3) is 11.9 Å². The maximum Gasteiger partial charge on any atom is 0.417 e. The van der Waals surface area contributed by atoms with Gasteiger partial charge in [0, 0.05) is 46.1 Å². The molecule has 0 saturated heterocycles. The average Bonchev–Trinajstić information content (AvgIpc) is 2.83. The van der Waals surface area contributed by atoms with Gasteiger partial charge in [-0.3, -0.25) is 9.59 Å². The molecular formula is C27H21Cl2F10NO2. The van der Waals surface area contributed by atoms with Gasteiger partial charge in [0.25, 0.3) is 0 Å². The van der Waals surface area contributed by atoms with Crippen LogP contribution in [0.3, 0.4) is 0 Å². The standard InChI is InChI=1S/C27H21Cl2F10NO2/c1-4-16-20(28)9-15(10-21(16)29)18(26(34,35)36)11-22(30)14-5-6-17(19(8-14)27(37,38)39)23(41)7-13(2)24(42)40(3)12-25(31,32)33/h4-6,8-11,13,18H,1,7,12H2,2-3H3/b22-11-/t13-,18?/m0/s1. The SMILES string of the molecule is C=Cc1c(Cl)cc(C(/C=C(\F)c2ccc(C(=O)C[C@H](C)C(=O)N(C)CC(F)(F)F)c(C(F)(F)F)c2)C(F)(F)F)cc1Cl. The number of hydrogen-bond donors (Lipinski definition) is 0. The summed E-state index contributed by atoms with van der Waals surface area (Å²) < 4.78 is 136. The topological polar surface area (TPSA) is 37.4 Å². The third kappa shape index (κ3) is 8.97. The highest BCUT2D eigenvalue weighted by molar-refractivity contribution is 6.37. The summed E-state index contributed by atoms with van der Waals surface area (Å²) in [7, 11) is 0.797.